The number of carbonyl (C=O) groups excluding carboxylic acids is 1. The Balaban J connectivity index is 1.37. The third-order valence-corrected chi connectivity index (χ3v) is 6.00. The molecule has 3 aromatic heterocycles. The number of fused-ring (bicyclic) bond motifs is 1. The van der Waals surface area contributed by atoms with Crippen LogP contribution in [0.4, 0.5) is 0 Å². The fourth-order valence-corrected chi connectivity index (χ4v) is 4.65. The van der Waals surface area contributed by atoms with Crippen molar-refractivity contribution in [2.45, 2.75) is 25.6 Å². The van der Waals surface area contributed by atoms with E-state index in [0.29, 0.717) is 12.6 Å². The van der Waals surface area contributed by atoms with E-state index in [1.54, 1.807) is 22.7 Å². The Bertz CT molecular complexity index is 810. The van der Waals surface area contributed by atoms with Crippen molar-refractivity contribution in [1.82, 2.24) is 20.0 Å². The number of aromatic nitrogens is 2. The fourth-order valence-electron chi connectivity index (χ4n) is 3.27. The van der Waals surface area contributed by atoms with Gasteiger partial charge < -0.3 is 5.32 Å². The van der Waals surface area contributed by atoms with Crippen LogP contribution in [0.2, 0.25) is 0 Å². The Morgan fingerprint density at radius 3 is 3.08 bits per heavy atom. The van der Waals surface area contributed by atoms with E-state index in [1.165, 1.54) is 10.6 Å². The van der Waals surface area contributed by atoms with Crippen molar-refractivity contribution < 1.29 is 4.79 Å². The third kappa shape index (κ3) is 3.84. The van der Waals surface area contributed by atoms with Gasteiger partial charge in [-0.2, -0.15) is 16.4 Å². The van der Waals surface area contributed by atoms with Gasteiger partial charge in [-0.3, -0.25) is 14.4 Å². The Morgan fingerprint density at radius 2 is 2.28 bits per heavy atom. The summed E-state index contributed by atoms with van der Waals surface area (Å²) in [7, 11) is 0. The maximum absolute atomic E-state index is 12.1. The summed E-state index contributed by atoms with van der Waals surface area (Å²) in [5.41, 5.74) is 1.99. The van der Waals surface area contributed by atoms with Gasteiger partial charge in [0.05, 0.1) is 11.7 Å². The minimum Gasteiger partial charge on any atom is -0.352 e. The second kappa shape index (κ2) is 7.51. The van der Waals surface area contributed by atoms with Gasteiger partial charge in [0.15, 0.2) is 0 Å². The molecule has 1 aliphatic heterocycles. The lowest BCUT2D eigenvalue weighted by Gasteiger charge is -2.33. The molecule has 1 amide bonds. The molecule has 130 valence electrons. The van der Waals surface area contributed by atoms with Crippen LogP contribution in [0.15, 0.2) is 46.6 Å². The van der Waals surface area contributed by atoms with Crippen LogP contribution in [0.5, 0.6) is 0 Å². The Hall–Kier alpha value is -1.96. The zero-order valence-corrected chi connectivity index (χ0v) is 15.4. The van der Waals surface area contributed by atoms with Gasteiger partial charge in [-0.25, -0.2) is 0 Å². The van der Waals surface area contributed by atoms with E-state index in [0.717, 1.165) is 31.6 Å². The molecule has 4 rings (SSSR count). The molecule has 3 aromatic rings. The van der Waals surface area contributed by atoms with E-state index in [4.69, 9.17) is 0 Å². The van der Waals surface area contributed by atoms with E-state index in [-0.39, 0.29) is 5.91 Å². The molecular weight excluding hydrogens is 352 g/mol. The molecule has 0 aromatic carbocycles. The molecule has 7 heteroatoms. The second-order valence-corrected chi connectivity index (χ2v) is 8.04. The maximum atomic E-state index is 12.1. The van der Waals surface area contributed by atoms with Gasteiger partial charge in [0.25, 0.3) is 5.91 Å². The van der Waals surface area contributed by atoms with Crippen LogP contribution < -0.4 is 5.32 Å². The standard InChI is InChI=1S/C18H20N4OS2/c23-18(14-5-9-24-13-14)19-6-3-15-10-21(12-17-2-1-8-25-17)11-16-4-7-20-22(15)16/h1-2,4-5,7-9,13,15H,3,6,10-12H2,(H,19,23). The topological polar surface area (TPSA) is 50.2 Å². The SMILES string of the molecule is O=C(NCCC1CN(Cc2cccs2)Cc2ccnn21)c1ccsc1. The number of rotatable bonds is 6. The lowest BCUT2D eigenvalue weighted by Crippen LogP contribution is -2.38. The summed E-state index contributed by atoms with van der Waals surface area (Å²) in [4.78, 5) is 15.9. The average molecular weight is 373 g/mol. The van der Waals surface area contributed by atoms with Crippen LogP contribution in [0.25, 0.3) is 0 Å². The van der Waals surface area contributed by atoms with Crippen LogP contribution in [0.1, 0.15) is 33.4 Å². The summed E-state index contributed by atoms with van der Waals surface area (Å²) >= 11 is 3.34. The Kier molecular flexibility index (Phi) is 4.96. The van der Waals surface area contributed by atoms with Crippen LogP contribution in [0.3, 0.4) is 0 Å². The lowest BCUT2D eigenvalue weighted by atomic mass is 10.1. The number of hydrogen-bond donors (Lipinski definition) is 1. The summed E-state index contributed by atoms with van der Waals surface area (Å²) in [6, 6.07) is 8.53. The van der Waals surface area contributed by atoms with Crippen molar-refractivity contribution in [1.29, 1.82) is 0 Å². The molecule has 1 aliphatic rings. The minimum atomic E-state index is 0.00758. The van der Waals surface area contributed by atoms with E-state index < -0.39 is 0 Å². The quantitative estimate of drug-likeness (QED) is 0.722. The van der Waals surface area contributed by atoms with Gasteiger partial charge in [-0.05, 0) is 35.4 Å². The first-order valence-corrected chi connectivity index (χ1v) is 10.2. The van der Waals surface area contributed by atoms with Gasteiger partial charge in [0.1, 0.15) is 0 Å². The van der Waals surface area contributed by atoms with Crippen molar-refractivity contribution in [2.24, 2.45) is 0 Å². The van der Waals surface area contributed by atoms with E-state index in [1.807, 2.05) is 23.0 Å². The van der Waals surface area contributed by atoms with Gasteiger partial charge in [-0.15, -0.1) is 11.3 Å². The number of hydrogen-bond acceptors (Lipinski definition) is 5. The average Bonchev–Trinajstić information content (AvgIpc) is 3.36. The van der Waals surface area contributed by atoms with Crippen LogP contribution in [0, 0.1) is 0 Å². The number of carbonyl (C=O) groups is 1. The molecule has 0 saturated heterocycles. The van der Waals surface area contributed by atoms with Gasteiger partial charge in [0, 0.05) is 48.2 Å². The monoisotopic (exact) mass is 372 g/mol. The maximum Gasteiger partial charge on any atom is 0.252 e. The second-order valence-electron chi connectivity index (χ2n) is 6.23. The first-order chi connectivity index (χ1) is 12.3. The smallest absolute Gasteiger partial charge is 0.252 e. The highest BCUT2D eigenvalue weighted by Crippen LogP contribution is 2.25. The Labute approximate surface area is 154 Å². The number of amides is 1. The van der Waals surface area contributed by atoms with Crippen molar-refractivity contribution in [3.63, 3.8) is 0 Å². The zero-order valence-electron chi connectivity index (χ0n) is 13.8. The predicted octanol–water partition coefficient (Wildman–Crippen LogP) is 3.38. The molecule has 1 unspecified atom stereocenters. The van der Waals surface area contributed by atoms with Crippen molar-refractivity contribution in [3.05, 3.63) is 62.7 Å². The van der Waals surface area contributed by atoms with Gasteiger partial charge >= 0.3 is 0 Å². The Morgan fingerprint density at radius 1 is 1.32 bits per heavy atom. The normalized spacial score (nSPS) is 17.4. The minimum absolute atomic E-state index is 0.00758. The molecule has 0 radical (unpaired) electrons. The van der Waals surface area contributed by atoms with Gasteiger partial charge in [-0.1, -0.05) is 6.07 Å². The predicted molar refractivity (Wildman–Crippen MR) is 101 cm³/mol. The molecule has 0 aliphatic carbocycles. The molecule has 0 spiro atoms. The number of nitrogens with zero attached hydrogens (tertiary/aromatic N) is 3. The van der Waals surface area contributed by atoms with Crippen LogP contribution in [-0.2, 0) is 13.1 Å². The lowest BCUT2D eigenvalue weighted by molar-refractivity contribution is 0.0947. The fraction of sp³-hybridized carbons (Fsp3) is 0.333. The van der Waals surface area contributed by atoms with E-state index >= 15 is 0 Å². The highest BCUT2D eigenvalue weighted by molar-refractivity contribution is 7.09. The summed E-state index contributed by atoms with van der Waals surface area (Å²) < 4.78 is 2.13. The van der Waals surface area contributed by atoms with Crippen LogP contribution >= 0.6 is 22.7 Å². The molecule has 5 nitrogen and oxygen atoms in total. The number of thiophene rings is 2. The molecular formula is C18H20N4OS2. The van der Waals surface area contributed by atoms with E-state index in [9.17, 15) is 4.79 Å². The molecule has 0 bridgehead atoms. The summed E-state index contributed by atoms with van der Waals surface area (Å²) in [6.07, 6.45) is 2.76. The molecule has 0 saturated carbocycles. The zero-order chi connectivity index (χ0) is 17.1. The summed E-state index contributed by atoms with van der Waals surface area (Å²) in [5.74, 6) is 0.00758. The first kappa shape index (κ1) is 16.5. The third-order valence-electron chi connectivity index (χ3n) is 4.46. The van der Waals surface area contributed by atoms with Crippen molar-refractivity contribution in [2.75, 3.05) is 13.1 Å². The number of nitrogens with one attached hydrogen (secondary N) is 1. The van der Waals surface area contributed by atoms with Crippen molar-refractivity contribution in [3.8, 4) is 0 Å². The van der Waals surface area contributed by atoms with E-state index in [2.05, 4.69) is 43.6 Å². The van der Waals surface area contributed by atoms with Crippen LogP contribution in [-0.4, -0.2) is 33.7 Å². The summed E-state index contributed by atoms with van der Waals surface area (Å²) in [5, 5.41) is 13.5. The molecule has 4 heterocycles. The van der Waals surface area contributed by atoms with Gasteiger partial charge in [0.2, 0.25) is 0 Å². The molecule has 1 atom stereocenters. The largest absolute Gasteiger partial charge is 0.352 e. The molecule has 0 fully saturated rings. The highest BCUT2D eigenvalue weighted by atomic mass is 32.1. The molecule has 1 N–H and O–H groups in total. The van der Waals surface area contributed by atoms with Crippen molar-refractivity contribution >= 4 is 28.6 Å². The molecule has 25 heavy (non-hydrogen) atoms. The first-order valence-electron chi connectivity index (χ1n) is 8.37. The highest BCUT2D eigenvalue weighted by Gasteiger charge is 2.25. The summed E-state index contributed by atoms with van der Waals surface area (Å²) in [6.45, 7) is 3.52.